The molecule has 112 heavy (non-hydrogen) atoms. The minimum Gasteiger partial charge on any atom is -0.508 e. The Labute approximate surface area is 669 Å². The number of carbonyl (C=O) groups is 11. The fourth-order valence-corrected chi connectivity index (χ4v) is 15.9. The number of carboxylic acids is 2. The number of aromatic nitrogens is 2. The van der Waals surface area contributed by atoms with E-state index in [-0.39, 0.29) is 133 Å². The van der Waals surface area contributed by atoms with E-state index in [1.54, 1.807) is 53.3 Å². The van der Waals surface area contributed by atoms with Crippen molar-refractivity contribution in [2.75, 3.05) is 40.4 Å². The van der Waals surface area contributed by atoms with Gasteiger partial charge in [0.15, 0.2) is 12.2 Å². The number of phenolic OH excluding ortho intramolecular Hbond substituents is 2. The molecule has 4 heterocycles. The maximum atomic E-state index is 14.9. The normalized spacial score (nSPS) is 17.9. The third-order valence-electron chi connectivity index (χ3n) is 21.2. The summed E-state index contributed by atoms with van der Waals surface area (Å²) in [6.07, 6.45) is 6.27. The van der Waals surface area contributed by atoms with Crippen molar-refractivity contribution < 1.29 is 82.6 Å². The Morgan fingerprint density at radius 1 is 0.536 bits per heavy atom. The molecule has 0 aliphatic carbocycles. The molecular weight excluding hydrogens is 1480 g/mol. The average Bonchev–Trinajstić information content (AvgIpc) is 1.21. The van der Waals surface area contributed by atoms with Crippen LogP contribution in [0.5, 0.6) is 11.5 Å². The fourth-order valence-electron chi connectivity index (χ4n) is 14.2. The molecular formula is C82H125N11O17S2. The molecule has 28 nitrogen and oxygen atoms in total. The molecule has 2 fully saturated rings. The van der Waals surface area contributed by atoms with Crippen LogP contribution in [0.1, 0.15) is 242 Å². The number of thiazole rings is 2. The summed E-state index contributed by atoms with van der Waals surface area (Å²) in [5, 5.41) is 57.3. The van der Waals surface area contributed by atoms with Crippen LogP contribution in [0.3, 0.4) is 0 Å². The summed E-state index contributed by atoms with van der Waals surface area (Å²) in [6.45, 7) is 28.9. The lowest BCUT2D eigenvalue weighted by Crippen LogP contribution is -2.60. The number of phenols is 2. The summed E-state index contributed by atoms with van der Waals surface area (Å²) in [5.74, 6) is -7.20. The molecule has 0 saturated carbocycles. The highest BCUT2D eigenvalue weighted by Crippen LogP contribution is 2.35. The number of hydrogen-bond acceptors (Lipinski definition) is 21. The molecule has 7 amide bonds. The van der Waals surface area contributed by atoms with Gasteiger partial charge in [-0.05, 0) is 150 Å². The van der Waals surface area contributed by atoms with Crippen molar-refractivity contribution in [3.63, 3.8) is 0 Å². The highest BCUT2D eigenvalue weighted by molar-refractivity contribution is 7.10. The average molecular weight is 1600 g/mol. The first-order chi connectivity index (χ1) is 52.9. The molecule has 6 rings (SSSR count). The predicted molar refractivity (Wildman–Crippen MR) is 429 cm³/mol. The molecule has 14 atom stereocenters. The summed E-state index contributed by atoms with van der Waals surface area (Å²) in [6, 6.07) is 8.52. The van der Waals surface area contributed by atoms with E-state index in [0.29, 0.717) is 48.7 Å². The van der Waals surface area contributed by atoms with Gasteiger partial charge in [0.1, 0.15) is 45.0 Å². The number of aliphatic carboxylic acids is 2. The van der Waals surface area contributed by atoms with Crippen LogP contribution in [0.2, 0.25) is 0 Å². The second kappa shape index (κ2) is 45.9. The summed E-state index contributed by atoms with van der Waals surface area (Å²) in [5.41, 5.74) is 1.74. The monoisotopic (exact) mass is 1600 g/mol. The van der Waals surface area contributed by atoms with Crippen LogP contribution in [0, 0.1) is 41.4 Å². The van der Waals surface area contributed by atoms with Crippen molar-refractivity contribution in [3.8, 4) is 11.5 Å². The Bertz CT molecular complexity index is 3720. The van der Waals surface area contributed by atoms with E-state index in [2.05, 4.69) is 36.6 Å². The van der Waals surface area contributed by atoms with Gasteiger partial charge in [0.2, 0.25) is 29.5 Å². The van der Waals surface area contributed by atoms with Gasteiger partial charge in [-0.25, -0.2) is 9.97 Å². The first-order valence-corrected chi connectivity index (χ1v) is 41.4. The van der Waals surface area contributed by atoms with Crippen LogP contribution < -0.4 is 26.6 Å². The molecule has 2 aliphatic heterocycles. The number of likely N-dealkylation sites (N-methyl/N-ethyl adjacent to an activating group) is 3. The second-order valence-corrected chi connectivity index (χ2v) is 33.3. The van der Waals surface area contributed by atoms with Crippen molar-refractivity contribution in [2.45, 2.75) is 261 Å². The van der Waals surface area contributed by atoms with Crippen LogP contribution >= 0.6 is 22.7 Å². The van der Waals surface area contributed by atoms with Crippen LogP contribution in [0.15, 0.2) is 59.3 Å². The smallest absolute Gasteiger partial charge is 0.306 e. The first-order valence-electron chi connectivity index (χ1n) is 39.6. The number of amides is 7. The fraction of sp³-hybridized carbons (Fsp3) is 0.646. The third kappa shape index (κ3) is 29.4. The molecule has 30 heteroatoms. The zero-order chi connectivity index (χ0) is 83.4. The molecule has 622 valence electrons. The minimum atomic E-state index is -1.00. The van der Waals surface area contributed by atoms with Gasteiger partial charge in [0.25, 0.3) is 11.8 Å². The number of ether oxygens (including phenoxy) is 2. The Morgan fingerprint density at radius 2 is 0.911 bits per heavy atom. The van der Waals surface area contributed by atoms with Crippen molar-refractivity contribution in [2.24, 2.45) is 41.4 Å². The summed E-state index contributed by atoms with van der Waals surface area (Å²) >= 11 is 2.28. The SMILES string of the molecule is CCC(C)[C@H](NC(=O)[C@H]1CCCCN1C)C(=O)N(CC)[C@H](C[C@@H](OC(C)=O)c1nc(C(=O)N[C@@H](Cc2ccc(O)cc2)C[C@H](C)C(=O)O)cs1)C(C)C.CCC(C)[C@H](NC(=O)[C@H]1CCCCN1C)C(=O)N(CNC(=O)CC(C)C)[C@H](C[C@@H](OC(C)=O)c1nc(C(=O)N[C@@H](Cc2ccc(O)cc2)C[C@H](C)C(=O)O)cs1)C(C)C. The van der Waals surface area contributed by atoms with Gasteiger partial charge in [0.05, 0.1) is 30.6 Å². The quantitative estimate of drug-likeness (QED) is 0.0147. The molecule has 4 aromatic rings. The van der Waals surface area contributed by atoms with Crippen molar-refractivity contribution in [3.05, 3.63) is 91.8 Å². The number of carbonyl (C=O) groups excluding carboxylic acids is 9. The van der Waals surface area contributed by atoms with Gasteiger partial charge in [-0.15, -0.1) is 22.7 Å². The van der Waals surface area contributed by atoms with E-state index in [0.717, 1.165) is 79.0 Å². The van der Waals surface area contributed by atoms with Crippen LogP contribution in [0.4, 0.5) is 0 Å². The first kappa shape index (κ1) is 94.0. The van der Waals surface area contributed by atoms with E-state index >= 15 is 0 Å². The minimum absolute atomic E-state index is 0.0445. The predicted octanol–water partition coefficient (Wildman–Crippen LogP) is 10.5. The third-order valence-corrected chi connectivity index (χ3v) is 23.1. The molecule has 9 N–H and O–H groups in total. The second-order valence-electron chi connectivity index (χ2n) is 31.5. The number of rotatable bonds is 41. The molecule has 2 aliphatic rings. The molecule has 0 bridgehead atoms. The molecule has 2 aromatic heterocycles. The highest BCUT2D eigenvalue weighted by Gasteiger charge is 2.42. The van der Waals surface area contributed by atoms with Gasteiger partial charge in [-0.1, -0.05) is 133 Å². The molecule has 0 spiro atoms. The lowest BCUT2D eigenvalue weighted by molar-refractivity contribution is -0.151. The van der Waals surface area contributed by atoms with Gasteiger partial charge < -0.3 is 66.3 Å². The number of benzene rings is 2. The van der Waals surface area contributed by atoms with Crippen LogP contribution in [0.25, 0.3) is 0 Å². The Balaban J connectivity index is 0.000000403. The highest BCUT2D eigenvalue weighted by atomic mass is 32.1. The lowest BCUT2D eigenvalue weighted by Gasteiger charge is -2.40. The Hall–Kier alpha value is -8.61. The largest absolute Gasteiger partial charge is 0.508 e. The van der Waals surface area contributed by atoms with Crippen LogP contribution in [-0.2, 0) is 65.5 Å². The molecule has 2 saturated heterocycles. The number of carboxylic acid groups (broad SMARTS) is 2. The zero-order valence-electron chi connectivity index (χ0n) is 68.6. The van der Waals surface area contributed by atoms with Gasteiger partial charge in [-0.3, -0.25) is 62.5 Å². The van der Waals surface area contributed by atoms with Crippen LogP contribution in [-0.4, -0.2) is 204 Å². The zero-order valence-corrected chi connectivity index (χ0v) is 70.3. The number of nitrogens with zero attached hydrogens (tertiary/aromatic N) is 6. The molecule has 2 unspecified atom stereocenters. The van der Waals surface area contributed by atoms with Crippen molar-refractivity contribution >= 4 is 87.9 Å². The maximum Gasteiger partial charge on any atom is 0.306 e. The van der Waals surface area contributed by atoms with Gasteiger partial charge in [-0.2, -0.15) is 0 Å². The molecule has 0 radical (unpaired) electrons. The van der Waals surface area contributed by atoms with E-state index in [1.807, 2.05) is 100 Å². The van der Waals surface area contributed by atoms with E-state index < -0.39 is 96.0 Å². The Morgan fingerprint density at radius 3 is 1.24 bits per heavy atom. The van der Waals surface area contributed by atoms with E-state index in [1.165, 1.54) is 43.5 Å². The summed E-state index contributed by atoms with van der Waals surface area (Å²) in [4.78, 5) is 162. The standard InChI is InChI=1S/C43H66N6O9S.C39H59N5O8S/c1-10-27(6)38(47-40(54)34-13-11-12-18-48(34)9)42(55)49(24-44-37(52)19-25(2)3)35(26(4)5)22-36(58-29(8)50)41-46-33(23-59-41)39(53)45-31(20-28(7)43(56)57)21-30-14-16-32(51)17-15-30;1-9-24(5)34(42-36(48)31-13-11-12-18-43(31)8)38(49)44(10-2)32(23(3)4)21-33(52-26(7)45)37-41-30(22-53-37)35(47)40-28(19-25(6)39(50)51)20-27-14-16-29(46)17-15-27/h14-17,23,25-28,31,34-36,38,51H,10-13,18-22,24H2,1-9H3,(H,44,52)(H,45,53)(H,47,54)(H,56,57);14-17,22-25,28,31-34,46H,9-13,18-21H2,1-8H3,(H,40,47)(H,42,48)(H,50,51)/t27?,28-,31+,34+,35+,36+,38-;24?,25-,28+,31+,32+,33+,34-/m00/s1. The van der Waals surface area contributed by atoms with E-state index in [4.69, 9.17) is 9.47 Å². The van der Waals surface area contributed by atoms with E-state index in [9.17, 15) is 73.2 Å². The number of likely N-dealkylation sites (tertiary alicyclic amines) is 2. The number of aromatic hydroxyl groups is 2. The number of nitrogens with one attached hydrogen (secondary N) is 5. The number of piperidine rings is 2. The van der Waals surface area contributed by atoms with Gasteiger partial charge >= 0.3 is 23.9 Å². The molecule has 2 aromatic carbocycles. The topological polar surface area (TPSA) is 386 Å². The van der Waals surface area contributed by atoms with Gasteiger partial charge in [0, 0.05) is 74.6 Å². The van der Waals surface area contributed by atoms with Crippen molar-refractivity contribution in [1.29, 1.82) is 0 Å². The number of esters is 2. The summed E-state index contributed by atoms with van der Waals surface area (Å²) < 4.78 is 11.6. The Kier molecular flexibility index (Phi) is 38.5. The van der Waals surface area contributed by atoms with Crippen molar-refractivity contribution in [1.82, 2.24) is 56.2 Å². The lowest BCUT2D eigenvalue weighted by atomic mass is 9.92. The summed E-state index contributed by atoms with van der Waals surface area (Å²) in [7, 11) is 3.85. The number of hydrogen-bond donors (Lipinski definition) is 9. The maximum absolute atomic E-state index is 14.9.